The molecule has 5 nitrogen and oxygen atoms in total. The zero-order chi connectivity index (χ0) is 11.6. The van der Waals surface area contributed by atoms with Crippen molar-refractivity contribution in [2.45, 2.75) is 26.3 Å². The molecule has 0 aliphatic carbocycles. The number of carbonyl (C=O) groups excluding carboxylic acids is 1. The van der Waals surface area contributed by atoms with E-state index in [0.29, 0.717) is 0 Å². The van der Waals surface area contributed by atoms with E-state index in [1.807, 2.05) is 0 Å². The van der Waals surface area contributed by atoms with Crippen LogP contribution in [0.1, 0.15) is 30.0 Å². The predicted octanol–water partition coefficient (Wildman–Crippen LogP) is 1.18. The fourth-order valence-corrected chi connectivity index (χ4v) is 0.949. The van der Waals surface area contributed by atoms with E-state index >= 15 is 0 Å². The van der Waals surface area contributed by atoms with E-state index in [-0.39, 0.29) is 5.76 Å². The fraction of sp³-hybridized carbons (Fsp3) is 0.400. The van der Waals surface area contributed by atoms with Crippen molar-refractivity contribution in [3.05, 3.63) is 23.7 Å². The first-order valence-electron chi connectivity index (χ1n) is 4.44. The third-order valence-corrected chi connectivity index (χ3v) is 1.92. The van der Waals surface area contributed by atoms with Crippen molar-refractivity contribution < 1.29 is 19.1 Å². The number of hydrogen-bond donors (Lipinski definition) is 2. The summed E-state index contributed by atoms with van der Waals surface area (Å²) in [5.74, 6) is -1.52. The highest BCUT2D eigenvalue weighted by molar-refractivity contribution is 5.95. The summed E-state index contributed by atoms with van der Waals surface area (Å²) in [5, 5.41) is 11.2. The second-order valence-corrected chi connectivity index (χ2v) is 3.87. The molecule has 0 spiro atoms. The van der Waals surface area contributed by atoms with Crippen LogP contribution < -0.4 is 5.32 Å². The SMILES string of the molecule is Cc1coc(C(=O)NC(C)(C)C(=O)O)c1. The van der Waals surface area contributed by atoms with Crippen LogP contribution in [0.15, 0.2) is 16.7 Å². The van der Waals surface area contributed by atoms with Gasteiger partial charge in [0.1, 0.15) is 5.54 Å². The highest BCUT2D eigenvalue weighted by Gasteiger charge is 2.30. The Morgan fingerprint density at radius 3 is 2.47 bits per heavy atom. The van der Waals surface area contributed by atoms with E-state index < -0.39 is 17.4 Å². The number of nitrogens with one attached hydrogen (secondary N) is 1. The van der Waals surface area contributed by atoms with Gasteiger partial charge in [0, 0.05) is 0 Å². The standard InChI is InChI=1S/C10H13NO4/c1-6-4-7(15-5-6)8(12)11-10(2,3)9(13)14/h4-5H,1-3H3,(H,11,12)(H,13,14). The Bertz CT molecular complexity index is 392. The Kier molecular flexibility index (Phi) is 2.83. The van der Waals surface area contributed by atoms with E-state index in [4.69, 9.17) is 9.52 Å². The van der Waals surface area contributed by atoms with E-state index in [2.05, 4.69) is 5.32 Å². The van der Waals surface area contributed by atoms with Crippen LogP contribution in [-0.4, -0.2) is 22.5 Å². The lowest BCUT2D eigenvalue weighted by Gasteiger charge is -2.19. The molecule has 0 aliphatic heterocycles. The van der Waals surface area contributed by atoms with Crippen molar-refractivity contribution in [2.75, 3.05) is 0 Å². The molecular formula is C10H13NO4. The van der Waals surface area contributed by atoms with Crippen LogP contribution in [0.4, 0.5) is 0 Å². The third-order valence-electron chi connectivity index (χ3n) is 1.92. The van der Waals surface area contributed by atoms with Crippen molar-refractivity contribution in [3.63, 3.8) is 0 Å². The molecule has 0 atom stereocenters. The number of rotatable bonds is 3. The van der Waals surface area contributed by atoms with Gasteiger partial charge in [0.15, 0.2) is 5.76 Å². The lowest BCUT2D eigenvalue weighted by Crippen LogP contribution is -2.49. The topological polar surface area (TPSA) is 79.5 Å². The molecular weight excluding hydrogens is 198 g/mol. The fourth-order valence-electron chi connectivity index (χ4n) is 0.949. The van der Waals surface area contributed by atoms with Crippen LogP contribution in [0.25, 0.3) is 0 Å². The maximum Gasteiger partial charge on any atom is 0.328 e. The first kappa shape index (κ1) is 11.3. The molecule has 1 heterocycles. The zero-order valence-corrected chi connectivity index (χ0v) is 8.83. The summed E-state index contributed by atoms with van der Waals surface area (Å²) in [4.78, 5) is 22.3. The lowest BCUT2D eigenvalue weighted by molar-refractivity contribution is -0.143. The molecule has 0 fully saturated rings. The number of carbonyl (C=O) groups is 2. The van der Waals surface area contributed by atoms with Gasteiger partial charge < -0.3 is 14.8 Å². The number of amides is 1. The molecule has 5 heteroatoms. The highest BCUT2D eigenvalue weighted by atomic mass is 16.4. The maximum atomic E-state index is 11.5. The van der Waals surface area contributed by atoms with E-state index in [1.54, 1.807) is 13.0 Å². The molecule has 0 bridgehead atoms. The van der Waals surface area contributed by atoms with Crippen molar-refractivity contribution in [3.8, 4) is 0 Å². The Hall–Kier alpha value is -1.78. The number of carboxylic acid groups (broad SMARTS) is 1. The van der Waals surface area contributed by atoms with Gasteiger partial charge in [-0.25, -0.2) is 4.79 Å². The van der Waals surface area contributed by atoms with Crippen molar-refractivity contribution >= 4 is 11.9 Å². The van der Waals surface area contributed by atoms with Gasteiger partial charge in [-0.15, -0.1) is 0 Å². The van der Waals surface area contributed by atoms with Crippen LogP contribution >= 0.6 is 0 Å². The second-order valence-electron chi connectivity index (χ2n) is 3.87. The average Bonchev–Trinajstić information content (AvgIpc) is 2.50. The van der Waals surface area contributed by atoms with Crippen LogP contribution in [0.2, 0.25) is 0 Å². The molecule has 0 saturated heterocycles. The molecule has 0 saturated carbocycles. The number of hydrogen-bond acceptors (Lipinski definition) is 3. The summed E-state index contributed by atoms with van der Waals surface area (Å²) in [6.07, 6.45) is 1.43. The quantitative estimate of drug-likeness (QED) is 0.786. The van der Waals surface area contributed by atoms with Gasteiger partial charge in [-0.2, -0.15) is 0 Å². The summed E-state index contributed by atoms with van der Waals surface area (Å²) >= 11 is 0. The Balaban J connectivity index is 2.76. The summed E-state index contributed by atoms with van der Waals surface area (Å²) in [6.45, 7) is 4.59. The van der Waals surface area contributed by atoms with Crippen LogP contribution in [0.3, 0.4) is 0 Å². The van der Waals surface area contributed by atoms with Gasteiger partial charge in [-0.3, -0.25) is 4.79 Å². The number of aryl methyl sites for hydroxylation is 1. The third kappa shape index (κ3) is 2.59. The maximum absolute atomic E-state index is 11.5. The summed E-state index contributed by atoms with van der Waals surface area (Å²) < 4.78 is 4.95. The van der Waals surface area contributed by atoms with Gasteiger partial charge in [0.05, 0.1) is 6.26 Å². The first-order valence-corrected chi connectivity index (χ1v) is 4.44. The van der Waals surface area contributed by atoms with Gasteiger partial charge in [-0.05, 0) is 32.4 Å². The summed E-state index contributed by atoms with van der Waals surface area (Å²) in [5.41, 5.74) is -0.495. The van der Waals surface area contributed by atoms with Crippen LogP contribution in [0, 0.1) is 6.92 Å². The Morgan fingerprint density at radius 1 is 1.47 bits per heavy atom. The van der Waals surface area contributed by atoms with E-state index in [9.17, 15) is 9.59 Å². The smallest absolute Gasteiger partial charge is 0.328 e. The largest absolute Gasteiger partial charge is 0.480 e. The highest BCUT2D eigenvalue weighted by Crippen LogP contribution is 2.09. The van der Waals surface area contributed by atoms with Crippen molar-refractivity contribution in [1.29, 1.82) is 0 Å². The van der Waals surface area contributed by atoms with Gasteiger partial charge in [-0.1, -0.05) is 0 Å². The minimum absolute atomic E-state index is 0.113. The molecule has 0 radical (unpaired) electrons. The number of furan rings is 1. The minimum atomic E-state index is -1.31. The molecule has 1 aromatic rings. The van der Waals surface area contributed by atoms with Gasteiger partial charge >= 0.3 is 5.97 Å². The monoisotopic (exact) mass is 211 g/mol. The molecule has 0 unspecified atom stereocenters. The van der Waals surface area contributed by atoms with Crippen LogP contribution in [0.5, 0.6) is 0 Å². The first-order chi connectivity index (χ1) is 6.83. The zero-order valence-electron chi connectivity index (χ0n) is 8.83. The lowest BCUT2D eigenvalue weighted by atomic mass is 10.1. The number of aliphatic carboxylic acids is 1. The molecule has 82 valence electrons. The van der Waals surface area contributed by atoms with E-state index in [0.717, 1.165) is 5.56 Å². The molecule has 0 aliphatic rings. The molecule has 15 heavy (non-hydrogen) atoms. The number of carboxylic acids is 1. The van der Waals surface area contributed by atoms with Crippen molar-refractivity contribution in [2.24, 2.45) is 0 Å². The molecule has 1 rings (SSSR count). The van der Waals surface area contributed by atoms with Gasteiger partial charge in [0.25, 0.3) is 5.91 Å². The molecule has 1 amide bonds. The predicted molar refractivity (Wildman–Crippen MR) is 52.6 cm³/mol. The summed E-state index contributed by atoms with van der Waals surface area (Å²) in [7, 11) is 0. The minimum Gasteiger partial charge on any atom is -0.480 e. The second kappa shape index (κ2) is 3.76. The normalized spacial score (nSPS) is 11.1. The Morgan fingerprint density at radius 2 is 2.07 bits per heavy atom. The van der Waals surface area contributed by atoms with Gasteiger partial charge in [0.2, 0.25) is 0 Å². The summed E-state index contributed by atoms with van der Waals surface area (Å²) in [6, 6.07) is 1.55. The van der Waals surface area contributed by atoms with Crippen LogP contribution in [-0.2, 0) is 4.79 Å². The molecule has 2 N–H and O–H groups in total. The van der Waals surface area contributed by atoms with E-state index in [1.165, 1.54) is 20.1 Å². The molecule has 0 aromatic carbocycles. The molecule has 1 aromatic heterocycles. The van der Waals surface area contributed by atoms with Crippen molar-refractivity contribution in [1.82, 2.24) is 5.32 Å². The average molecular weight is 211 g/mol. The Labute approximate surface area is 87.1 Å².